The molecule has 2 saturated heterocycles. The summed E-state index contributed by atoms with van der Waals surface area (Å²) in [6, 6.07) is 6.43. The van der Waals surface area contributed by atoms with E-state index in [4.69, 9.17) is 4.74 Å². The number of morpholine rings is 1. The highest BCUT2D eigenvalue weighted by Gasteiger charge is 2.26. The molecule has 2 aromatic rings. The third-order valence-electron chi connectivity index (χ3n) is 5.21. The molecule has 28 heavy (non-hydrogen) atoms. The molecule has 1 unspecified atom stereocenters. The number of nitrogens with one attached hydrogen (secondary N) is 1. The third-order valence-corrected chi connectivity index (χ3v) is 5.21. The topological polar surface area (TPSA) is 90.2 Å². The second kappa shape index (κ2) is 7.98. The van der Waals surface area contributed by atoms with E-state index in [-0.39, 0.29) is 6.04 Å². The van der Waals surface area contributed by atoms with Crippen LogP contribution in [-0.2, 0) is 4.74 Å². The lowest BCUT2D eigenvalue weighted by atomic mass is 10.1. The Bertz CT molecular complexity index is 889. The Labute approximate surface area is 165 Å². The van der Waals surface area contributed by atoms with Gasteiger partial charge in [-0.2, -0.15) is 10.2 Å². The molecular formula is C20H25N7O. The van der Waals surface area contributed by atoms with Gasteiger partial charge in [0.2, 0.25) is 5.95 Å². The molecule has 1 atom stereocenters. The van der Waals surface area contributed by atoms with Crippen LogP contribution in [0, 0.1) is 25.2 Å². The van der Waals surface area contributed by atoms with Crippen molar-refractivity contribution in [3.05, 3.63) is 35.2 Å². The van der Waals surface area contributed by atoms with Crippen LogP contribution in [0.25, 0.3) is 0 Å². The Hall–Kier alpha value is -2.92. The van der Waals surface area contributed by atoms with Crippen LogP contribution in [0.2, 0.25) is 0 Å². The summed E-state index contributed by atoms with van der Waals surface area (Å²) in [6.45, 7) is 8.65. The van der Waals surface area contributed by atoms with Crippen LogP contribution in [0.5, 0.6) is 0 Å². The summed E-state index contributed by atoms with van der Waals surface area (Å²) in [4.78, 5) is 18.1. The molecule has 0 aliphatic carbocycles. The Morgan fingerprint density at radius 2 is 2.00 bits per heavy atom. The molecule has 0 aromatic carbocycles. The maximum Gasteiger partial charge on any atom is 0.227 e. The SMILES string of the molecule is Cc1cc(C)c(C#N)c(N2CCC(Nc3ccnc(N4CCOCC4)n3)C2)n1. The minimum absolute atomic E-state index is 0.251. The van der Waals surface area contributed by atoms with Gasteiger partial charge >= 0.3 is 0 Å². The van der Waals surface area contributed by atoms with E-state index >= 15 is 0 Å². The predicted octanol–water partition coefficient (Wildman–Crippen LogP) is 1.89. The summed E-state index contributed by atoms with van der Waals surface area (Å²) in [5.74, 6) is 2.36. The predicted molar refractivity (Wildman–Crippen MR) is 108 cm³/mol. The van der Waals surface area contributed by atoms with Crippen LogP contribution < -0.4 is 15.1 Å². The van der Waals surface area contributed by atoms with Gasteiger partial charge in [0.05, 0.1) is 18.8 Å². The third kappa shape index (κ3) is 3.85. The van der Waals surface area contributed by atoms with Gasteiger partial charge in [0.1, 0.15) is 17.7 Å². The van der Waals surface area contributed by atoms with Crippen molar-refractivity contribution in [2.24, 2.45) is 0 Å². The molecule has 2 aliphatic heterocycles. The minimum Gasteiger partial charge on any atom is -0.378 e. The van der Waals surface area contributed by atoms with Crippen molar-refractivity contribution in [1.29, 1.82) is 5.26 Å². The Kier molecular flexibility index (Phi) is 5.26. The smallest absolute Gasteiger partial charge is 0.227 e. The standard InChI is InChI=1S/C20H25N7O/c1-14-11-15(2)23-19(17(14)12-21)27-6-4-16(13-27)24-18-3-5-22-20(25-18)26-7-9-28-10-8-26/h3,5,11,16H,4,6-10,13H2,1-2H3,(H,22,24,25). The molecule has 8 heteroatoms. The fourth-order valence-electron chi connectivity index (χ4n) is 3.81. The van der Waals surface area contributed by atoms with E-state index < -0.39 is 0 Å². The zero-order valence-corrected chi connectivity index (χ0v) is 16.4. The lowest BCUT2D eigenvalue weighted by molar-refractivity contribution is 0.122. The summed E-state index contributed by atoms with van der Waals surface area (Å²) in [6.07, 6.45) is 2.77. The van der Waals surface area contributed by atoms with Crippen molar-refractivity contribution in [2.75, 3.05) is 54.5 Å². The fraction of sp³-hybridized carbons (Fsp3) is 0.500. The van der Waals surface area contributed by atoms with Crippen LogP contribution >= 0.6 is 0 Å². The van der Waals surface area contributed by atoms with Crippen molar-refractivity contribution >= 4 is 17.6 Å². The zero-order chi connectivity index (χ0) is 19.5. The van der Waals surface area contributed by atoms with Gasteiger partial charge in [0.15, 0.2) is 0 Å². The summed E-state index contributed by atoms with van der Waals surface area (Å²) >= 11 is 0. The first-order valence-electron chi connectivity index (χ1n) is 9.69. The van der Waals surface area contributed by atoms with Crippen LogP contribution in [-0.4, -0.2) is 60.4 Å². The van der Waals surface area contributed by atoms with Gasteiger partial charge in [-0.15, -0.1) is 0 Å². The number of nitriles is 1. The Balaban J connectivity index is 1.45. The molecular weight excluding hydrogens is 354 g/mol. The van der Waals surface area contributed by atoms with E-state index in [0.29, 0.717) is 18.8 Å². The summed E-state index contributed by atoms with van der Waals surface area (Å²) in [5, 5.41) is 13.1. The summed E-state index contributed by atoms with van der Waals surface area (Å²) < 4.78 is 5.40. The highest BCUT2D eigenvalue weighted by Crippen LogP contribution is 2.26. The molecule has 4 heterocycles. The van der Waals surface area contributed by atoms with E-state index in [2.05, 4.69) is 36.1 Å². The molecule has 8 nitrogen and oxygen atoms in total. The lowest BCUT2D eigenvalue weighted by Gasteiger charge is -2.27. The number of ether oxygens (including phenoxy) is 1. The maximum absolute atomic E-state index is 9.54. The number of rotatable bonds is 4. The Morgan fingerprint density at radius 3 is 2.79 bits per heavy atom. The number of anilines is 3. The molecule has 2 aliphatic rings. The molecule has 0 saturated carbocycles. The molecule has 146 valence electrons. The van der Waals surface area contributed by atoms with Crippen molar-refractivity contribution in [3.8, 4) is 6.07 Å². The molecule has 2 aromatic heterocycles. The van der Waals surface area contributed by atoms with E-state index in [9.17, 15) is 5.26 Å². The highest BCUT2D eigenvalue weighted by atomic mass is 16.5. The van der Waals surface area contributed by atoms with Gasteiger partial charge in [-0.25, -0.2) is 9.97 Å². The molecule has 2 fully saturated rings. The van der Waals surface area contributed by atoms with E-state index in [0.717, 1.165) is 61.4 Å². The number of pyridine rings is 1. The summed E-state index contributed by atoms with van der Waals surface area (Å²) in [5.41, 5.74) is 2.59. The van der Waals surface area contributed by atoms with Gasteiger partial charge < -0.3 is 19.9 Å². The minimum atomic E-state index is 0.251. The second-order valence-corrected chi connectivity index (χ2v) is 7.31. The van der Waals surface area contributed by atoms with Crippen molar-refractivity contribution in [1.82, 2.24) is 15.0 Å². The maximum atomic E-state index is 9.54. The average Bonchev–Trinajstić information content (AvgIpc) is 3.17. The number of aromatic nitrogens is 3. The van der Waals surface area contributed by atoms with Crippen LogP contribution in [0.1, 0.15) is 23.2 Å². The first-order valence-corrected chi connectivity index (χ1v) is 9.69. The number of aryl methyl sites for hydroxylation is 2. The summed E-state index contributed by atoms with van der Waals surface area (Å²) in [7, 11) is 0. The molecule has 0 radical (unpaired) electrons. The van der Waals surface area contributed by atoms with Gasteiger partial charge in [-0.05, 0) is 38.0 Å². The second-order valence-electron chi connectivity index (χ2n) is 7.31. The van der Waals surface area contributed by atoms with Gasteiger partial charge in [0.25, 0.3) is 0 Å². The molecule has 4 rings (SSSR count). The average molecular weight is 379 g/mol. The van der Waals surface area contributed by atoms with Crippen LogP contribution in [0.3, 0.4) is 0 Å². The van der Waals surface area contributed by atoms with Crippen LogP contribution in [0.4, 0.5) is 17.6 Å². The number of hydrogen-bond acceptors (Lipinski definition) is 8. The molecule has 0 spiro atoms. The van der Waals surface area contributed by atoms with Crippen molar-refractivity contribution in [2.45, 2.75) is 26.3 Å². The highest BCUT2D eigenvalue weighted by molar-refractivity contribution is 5.59. The quantitative estimate of drug-likeness (QED) is 0.861. The zero-order valence-electron chi connectivity index (χ0n) is 16.4. The normalized spacial score (nSPS) is 19.5. The number of nitrogens with zero attached hydrogens (tertiary/aromatic N) is 6. The van der Waals surface area contributed by atoms with Gasteiger partial charge in [0, 0.05) is 44.1 Å². The van der Waals surface area contributed by atoms with Crippen molar-refractivity contribution in [3.63, 3.8) is 0 Å². The van der Waals surface area contributed by atoms with E-state index in [1.165, 1.54) is 0 Å². The fourth-order valence-corrected chi connectivity index (χ4v) is 3.81. The molecule has 0 bridgehead atoms. The first-order chi connectivity index (χ1) is 13.6. The molecule has 0 amide bonds. The molecule has 1 N–H and O–H groups in total. The first kappa shape index (κ1) is 18.4. The lowest BCUT2D eigenvalue weighted by Crippen LogP contribution is -2.37. The Morgan fingerprint density at radius 1 is 1.18 bits per heavy atom. The van der Waals surface area contributed by atoms with Gasteiger partial charge in [-0.1, -0.05) is 0 Å². The monoisotopic (exact) mass is 379 g/mol. The van der Waals surface area contributed by atoms with E-state index in [1.54, 1.807) is 6.20 Å². The van der Waals surface area contributed by atoms with E-state index in [1.807, 2.05) is 26.0 Å². The largest absolute Gasteiger partial charge is 0.378 e. The van der Waals surface area contributed by atoms with Gasteiger partial charge in [-0.3, -0.25) is 0 Å². The number of hydrogen-bond donors (Lipinski definition) is 1. The van der Waals surface area contributed by atoms with Crippen molar-refractivity contribution < 1.29 is 4.74 Å². The van der Waals surface area contributed by atoms with Crippen LogP contribution in [0.15, 0.2) is 18.3 Å².